The molecule has 3 aliphatic heterocycles. The molecule has 3 aliphatic rings. The quantitative estimate of drug-likeness (QED) is 0.679. The van der Waals surface area contributed by atoms with Gasteiger partial charge in [0.2, 0.25) is 0 Å². The molecule has 0 N–H and O–H groups in total. The van der Waals surface area contributed by atoms with E-state index in [1.165, 1.54) is 29.2 Å². The number of hydrogen-bond acceptors (Lipinski definition) is 7. The van der Waals surface area contributed by atoms with Gasteiger partial charge in [-0.25, -0.2) is 14.2 Å². The number of pyridine rings is 1. The molecule has 10 heteroatoms. The first-order chi connectivity index (χ1) is 16.4. The molecule has 0 bridgehead atoms. The van der Waals surface area contributed by atoms with Crippen molar-refractivity contribution in [2.75, 3.05) is 75.9 Å². The van der Waals surface area contributed by atoms with Crippen LogP contribution < -0.4 is 9.80 Å². The number of amides is 2. The molecule has 0 aliphatic carbocycles. The van der Waals surface area contributed by atoms with Crippen molar-refractivity contribution in [1.29, 1.82) is 0 Å². The van der Waals surface area contributed by atoms with Gasteiger partial charge in [-0.05, 0) is 43.4 Å². The second kappa shape index (κ2) is 9.19. The van der Waals surface area contributed by atoms with Gasteiger partial charge in [0.25, 0.3) is 5.91 Å². The molecule has 2 amide bonds. The van der Waals surface area contributed by atoms with Crippen molar-refractivity contribution >= 4 is 23.5 Å². The van der Waals surface area contributed by atoms with Crippen LogP contribution in [0.25, 0.3) is 0 Å². The molecule has 4 heterocycles. The summed E-state index contributed by atoms with van der Waals surface area (Å²) in [5.74, 6) is 0.252. The average Bonchev–Trinajstić information content (AvgIpc) is 3.03. The van der Waals surface area contributed by atoms with Crippen molar-refractivity contribution in [2.24, 2.45) is 0 Å². The molecule has 180 valence electrons. The Morgan fingerprint density at radius 2 is 1.82 bits per heavy atom. The summed E-state index contributed by atoms with van der Waals surface area (Å²) in [6.07, 6.45) is 1.13. The lowest BCUT2D eigenvalue weighted by molar-refractivity contribution is -0.0140. The summed E-state index contributed by atoms with van der Waals surface area (Å²) in [4.78, 5) is 38.2. The summed E-state index contributed by atoms with van der Waals surface area (Å²) >= 11 is 0. The lowest BCUT2D eigenvalue weighted by atomic mass is 10.0. The minimum absolute atomic E-state index is 0.154. The van der Waals surface area contributed by atoms with Gasteiger partial charge in [-0.1, -0.05) is 0 Å². The van der Waals surface area contributed by atoms with Crippen LogP contribution in [0.15, 0.2) is 42.6 Å². The number of carbonyl (C=O) groups is 2. The molecule has 1 aromatic carbocycles. The number of halogens is 1. The minimum Gasteiger partial charge on any atom is -0.436 e. The maximum atomic E-state index is 13.5. The zero-order valence-electron chi connectivity index (χ0n) is 19.2. The topological polar surface area (TPSA) is 78.5 Å². The van der Waals surface area contributed by atoms with E-state index in [2.05, 4.69) is 21.8 Å². The van der Waals surface area contributed by atoms with E-state index in [-0.39, 0.29) is 31.4 Å². The molecule has 9 nitrogen and oxygen atoms in total. The van der Waals surface area contributed by atoms with Crippen LogP contribution >= 0.6 is 0 Å². The number of piperazine rings is 1. The van der Waals surface area contributed by atoms with Crippen LogP contribution in [-0.4, -0.2) is 98.5 Å². The van der Waals surface area contributed by atoms with Gasteiger partial charge in [0.05, 0.1) is 26.3 Å². The molecule has 0 unspecified atom stereocenters. The third-order valence-electron chi connectivity index (χ3n) is 6.57. The van der Waals surface area contributed by atoms with Crippen molar-refractivity contribution in [1.82, 2.24) is 14.8 Å². The number of aromatic nitrogens is 1. The first-order valence-corrected chi connectivity index (χ1v) is 11.5. The summed E-state index contributed by atoms with van der Waals surface area (Å²) in [7, 11) is 2.09. The standard InChI is InChI=1S/C24H28FN5O4/c1-27-8-10-28(11-9-27)21-14-18(6-7-26-21)22(31)29-12-13-33-17-24(15-29)16-30(23(32)34-24)20-4-2-19(25)3-5-20/h2-7,14H,8-13,15-17H2,1H3/t24-/m1/s1. The predicted molar refractivity (Wildman–Crippen MR) is 124 cm³/mol. The highest BCUT2D eigenvalue weighted by molar-refractivity contribution is 5.95. The SMILES string of the molecule is CN1CCN(c2cc(C(=O)N3CCOC[C@@]4(C3)CN(c3ccc(F)cc3)C(=O)O4)ccn2)CC1. The first kappa shape index (κ1) is 22.5. The van der Waals surface area contributed by atoms with E-state index in [0.29, 0.717) is 24.4 Å². The zero-order valence-corrected chi connectivity index (χ0v) is 19.2. The third-order valence-corrected chi connectivity index (χ3v) is 6.57. The number of ether oxygens (including phenoxy) is 2. The Kier molecular flexibility index (Phi) is 6.09. The second-order valence-electron chi connectivity index (χ2n) is 9.09. The Morgan fingerprint density at radius 3 is 2.59 bits per heavy atom. The second-order valence-corrected chi connectivity index (χ2v) is 9.09. The largest absolute Gasteiger partial charge is 0.436 e. The highest BCUT2D eigenvalue weighted by Gasteiger charge is 2.49. The maximum Gasteiger partial charge on any atom is 0.415 e. The zero-order chi connectivity index (χ0) is 23.7. The monoisotopic (exact) mass is 469 g/mol. The van der Waals surface area contributed by atoms with E-state index >= 15 is 0 Å². The van der Waals surface area contributed by atoms with Crippen molar-refractivity contribution in [3.05, 3.63) is 54.0 Å². The molecule has 3 saturated heterocycles. The van der Waals surface area contributed by atoms with Gasteiger partial charge >= 0.3 is 6.09 Å². The van der Waals surface area contributed by atoms with Gasteiger partial charge in [0.15, 0.2) is 5.60 Å². The van der Waals surface area contributed by atoms with Gasteiger partial charge < -0.3 is 24.2 Å². The molecular formula is C24H28FN5O4. The lowest BCUT2D eigenvalue weighted by Crippen LogP contribution is -2.49. The molecule has 1 spiro atoms. The summed E-state index contributed by atoms with van der Waals surface area (Å²) in [6, 6.07) is 9.21. The van der Waals surface area contributed by atoms with Crippen LogP contribution in [0.3, 0.4) is 0 Å². The Morgan fingerprint density at radius 1 is 1.06 bits per heavy atom. The Bertz CT molecular complexity index is 1060. The molecule has 0 saturated carbocycles. The number of benzene rings is 1. The van der Waals surface area contributed by atoms with Crippen LogP contribution in [0.2, 0.25) is 0 Å². The van der Waals surface area contributed by atoms with Gasteiger partial charge in [-0.2, -0.15) is 0 Å². The molecule has 3 fully saturated rings. The molecular weight excluding hydrogens is 441 g/mol. The van der Waals surface area contributed by atoms with Crippen LogP contribution in [0.5, 0.6) is 0 Å². The fourth-order valence-corrected chi connectivity index (χ4v) is 4.62. The normalized spacial score (nSPS) is 23.8. The molecule has 1 atom stereocenters. The summed E-state index contributed by atoms with van der Waals surface area (Å²) in [5.41, 5.74) is 0.0855. The number of likely N-dealkylation sites (N-methyl/N-ethyl adjacent to an activating group) is 1. The fraction of sp³-hybridized carbons (Fsp3) is 0.458. The molecule has 2 aromatic rings. The molecule has 5 rings (SSSR count). The Hall–Kier alpha value is -3.24. The average molecular weight is 470 g/mol. The number of anilines is 2. The molecule has 34 heavy (non-hydrogen) atoms. The van der Waals surface area contributed by atoms with Crippen LogP contribution in [0.1, 0.15) is 10.4 Å². The summed E-state index contributed by atoms with van der Waals surface area (Å²) < 4.78 is 24.8. The van der Waals surface area contributed by atoms with Gasteiger partial charge in [-0.3, -0.25) is 9.69 Å². The first-order valence-electron chi connectivity index (χ1n) is 11.5. The van der Waals surface area contributed by atoms with E-state index in [0.717, 1.165) is 32.0 Å². The number of nitrogens with zero attached hydrogens (tertiary/aromatic N) is 5. The van der Waals surface area contributed by atoms with Gasteiger partial charge in [0.1, 0.15) is 11.6 Å². The van der Waals surface area contributed by atoms with E-state index in [4.69, 9.17) is 9.47 Å². The number of rotatable bonds is 3. The predicted octanol–water partition coefficient (Wildman–Crippen LogP) is 1.84. The van der Waals surface area contributed by atoms with Crippen LogP contribution in [0, 0.1) is 5.82 Å². The maximum absolute atomic E-state index is 13.5. The Labute approximate surface area is 197 Å². The summed E-state index contributed by atoms with van der Waals surface area (Å²) in [5, 5.41) is 0. The van der Waals surface area contributed by atoms with Crippen molar-refractivity contribution in [3.63, 3.8) is 0 Å². The van der Waals surface area contributed by atoms with Crippen molar-refractivity contribution in [2.45, 2.75) is 5.60 Å². The molecule has 0 radical (unpaired) electrons. The number of hydrogen-bond donors (Lipinski definition) is 0. The highest BCUT2D eigenvalue weighted by Crippen LogP contribution is 2.31. The highest BCUT2D eigenvalue weighted by atomic mass is 19.1. The van der Waals surface area contributed by atoms with E-state index in [9.17, 15) is 14.0 Å². The van der Waals surface area contributed by atoms with E-state index < -0.39 is 11.7 Å². The van der Waals surface area contributed by atoms with Crippen molar-refractivity contribution in [3.8, 4) is 0 Å². The third kappa shape index (κ3) is 4.55. The number of carbonyl (C=O) groups excluding carboxylic acids is 2. The molecule has 1 aromatic heterocycles. The smallest absolute Gasteiger partial charge is 0.415 e. The van der Waals surface area contributed by atoms with E-state index in [1.54, 1.807) is 17.2 Å². The lowest BCUT2D eigenvalue weighted by Gasteiger charge is -2.33. The Balaban J connectivity index is 1.33. The van der Waals surface area contributed by atoms with Crippen molar-refractivity contribution < 1.29 is 23.5 Å². The summed E-state index contributed by atoms with van der Waals surface area (Å²) in [6.45, 7) is 4.95. The van der Waals surface area contributed by atoms with Crippen LogP contribution in [0.4, 0.5) is 20.7 Å². The fourth-order valence-electron chi connectivity index (χ4n) is 4.62. The van der Waals surface area contributed by atoms with Crippen LogP contribution in [-0.2, 0) is 9.47 Å². The van der Waals surface area contributed by atoms with Gasteiger partial charge in [0, 0.05) is 50.2 Å². The van der Waals surface area contributed by atoms with Gasteiger partial charge in [-0.15, -0.1) is 0 Å². The minimum atomic E-state index is -0.995. The van der Waals surface area contributed by atoms with E-state index in [1.807, 2.05) is 6.07 Å².